The van der Waals surface area contributed by atoms with Crippen molar-refractivity contribution in [1.82, 2.24) is 4.98 Å². The molecule has 4 heteroatoms. The van der Waals surface area contributed by atoms with Crippen molar-refractivity contribution in [2.24, 2.45) is 0 Å². The SMILES string of the molecule is COc1ccc(Nc2ccc(Cl)cn2)cc1C. The number of aryl methyl sites for hydroxylation is 1. The first kappa shape index (κ1) is 11.7. The molecule has 0 saturated carbocycles. The lowest BCUT2D eigenvalue weighted by atomic mass is 10.2. The van der Waals surface area contributed by atoms with Crippen LogP contribution in [-0.4, -0.2) is 12.1 Å². The van der Waals surface area contributed by atoms with E-state index >= 15 is 0 Å². The molecule has 0 saturated heterocycles. The van der Waals surface area contributed by atoms with Crippen LogP contribution in [0.1, 0.15) is 5.56 Å². The molecule has 0 atom stereocenters. The van der Waals surface area contributed by atoms with Crippen LogP contribution in [0.4, 0.5) is 11.5 Å². The third-order valence-corrected chi connectivity index (χ3v) is 2.62. The smallest absolute Gasteiger partial charge is 0.130 e. The van der Waals surface area contributed by atoms with E-state index < -0.39 is 0 Å². The van der Waals surface area contributed by atoms with E-state index in [4.69, 9.17) is 16.3 Å². The number of nitrogens with zero attached hydrogens (tertiary/aromatic N) is 1. The Bertz CT molecular complexity index is 511. The number of pyridine rings is 1. The highest BCUT2D eigenvalue weighted by atomic mass is 35.5. The van der Waals surface area contributed by atoms with Crippen molar-refractivity contribution in [2.45, 2.75) is 6.92 Å². The van der Waals surface area contributed by atoms with E-state index in [0.29, 0.717) is 5.02 Å². The summed E-state index contributed by atoms with van der Waals surface area (Å²) in [5, 5.41) is 3.82. The maximum Gasteiger partial charge on any atom is 0.130 e. The van der Waals surface area contributed by atoms with Crippen molar-refractivity contribution in [2.75, 3.05) is 12.4 Å². The van der Waals surface area contributed by atoms with Crippen LogP contribution in [0.15, 0.2) is 36.5 Å². The number of rotatable bonds is 3. The van der Waals surface area contributed by atoms with Gasteiger partial charge in [0.15, 0.2) is 0 Å². The molecule has 1 heterocycles. The van der Waals surface area contributed by atoms with E-state index in [2.05, 4.69) is 10.3 Å². The molecule has 0 unspecified atom stereocenters. The van der Waals surface area contributed by atoms with E-state index in [0.717, 1.165) is 22.8 Å². The van der Waals surface area contributed by atoms with Gasteiger partial charge < -0.3 is 10.1 Å². The summed E-state index contributed by atoms with van der Waals surface area (Å²) in [6, 6.07) is 9.51. The molecule has 0 aliphatic heterocycles. The van der Waals surface area contributed by atoms with Gasteiger partial charge >= 0.3 is 0 Å². The zero-order chi connectivity index (χ0) is 12.3. The molecule has 0 amide bonds. The van der Waals surface area contributed by atoms with Crippen molar-refractivity contribution in [1.29, 1.82) is 0 Å². The average Bonchev–Trinajstić information content (AvgIpc) is 2.32. The van der Waals surface area contributed by atoms with Gasteiger partial charge in [-0.15, -0.1) is 0 Å². The Kier molecular flexibility index (Phi) is 3.49. The standard InChI is InChI=1S/C13H13ClN2O/c1-9-7-11(4-5-12(9)17-2)16-13-6-3-10(14)8-15-13/h3-8H,1-2H3,(H,15,16). The fraction of sp³-hybridized carbons (Fsp3) is 0.154. The van der Waals surface area contributed by atoms with Crippen LogP contribution in [0, 0.1) is 6.92 Å². The Morgan fingerprint density at radius 1 is 1.24 bits per heavy atom. The molecule has 88 valence electrons. The van der Waals surface area contributed by atoms with Crippen molar-refractivity contribution in [3.8, 4) is 5.75 Å². The zero-order valence-corrected chi connectivity index (χ0v) is 10.5. The maximum atomic E-state index is 5.77. The van der Waals surface area contributed by atoms with Crippen LogP contribution < -0.4 is 10.1 Å². The Labute approximate surface area is 105 Å². The second-order valence-corrected chi connectivity index (χ2v) is 4.11. The average molecular weight is 249 g/mol. The predicted molar refractivity (Wildman–Crippen MR) is 70.3 cm³/mol. The number of benzene rings is 1. The molecule has 0 radical (unpaired) electrons. The van der Waals surface area contributed by atoms with Gasteiger partial charge in [0.1, 0.15) is 11.6 Å². The van der Waals surface area contributed by atoms with Gasteiger partial charge in [-0.3, -0.25) is 0 Å². The first-order valence-electron chi connectivity index (χ1n) is 5.22. The highest BCUT2D eigenvalue weighted by Gasteiger charge is 2.00. The molecule has 0 aliphatic carbocycles. The van der Waals surface area contributed by atoms with Gasteiger partial charge in [-0.1, -0.05) is 11.6 Å². The summed E-state index contributed by atoms with van der Waals surface area (Å²) in [6.45, 7) is 2.00. The largest absolute Gasteiger partial charge is 0.496 e. The molecule has 0 aliphatic rings. The predicted octanol–water partition coefficient (Wildman–Crippen LogP) is 3.80. The van der Waals surface area contributed by atoms with E-state index in [9.17, 15) is 0 Å². The van der Waals surface area contributed by atoms with Gasteiger partial charge in [0.2, 0.25) is 0 Å². The van der Waals surface area contributed by atoms with Crippen LogP contribution in [0.3, 0.4) is 0 Å². The number of hydrogen-bond donors (Lipinski definition) is 1. The third kappa shape index (κ3) is 2.88. The Hall–Kier alpha value is -1.74. The molecule has 2 rings (SSSR count). The van der Waals surface area contributed by atoms with E-state index in [1.54, 1.807) is 19.4 Å². The molecule has 0 spiro atoms. The molecule has 1 N–H and O–H groups in total. The fourth-order valence-electron chi connectivity index (χ4n) is 1.55. The molecular formula is C13H13ClN2O. The number of halogens is 1. The van der Waals surface area contributed by atoms with E-state index in [1.165, 1.54) is 0 Å². The van der Waals surface area contributed by atoms with Crippen molar-refractivity contribution < 1.29 is 4.74 Å². The number of nitrogens with one attached hydrogen (secondary N) is 1. The fourth-order valence-corrected chi connectivity index (χ4v) is 1.67. The zero-order valence-electron chi connectivity index (χ0n) is 9.70. The minimum atomic E-state index is 0.626. The lowest BCUT2D eigenvalue weighted by Gasteiger charge is -2.09. The molecule has 2 aromatic rings. The van der Waals surface area contributed by atoms with E-state index in [-0.39, 0.29) is 0 Å². The minimum absolute atomic E-state index is 0.626. The van der Waals surface area contributed by atoms with Crippen molar-refractivity contribution in [3.05, 3.63) is 47.1 Å². The molecule has 1 aromatic heterocycles. The van der Waals surface area contributed by atoms with Crippen LogP contribution in [0.2, 0.25) is 5.02 Å². The van der Waals surface area contributed by atoms with Gasteiger partial charge in [0, 0.05) is 11.9 Å². The number of methoxy groups -OCH3 is 1. The maximum absolute atomic E-state index is 5.77. The van der Waals surface area contributed by atoms with Gasteiger partial charge in [0.25, 0.3) is 0 Å². The summed E-state index contributed by atoms with van der Waals surface area (Å²) in [7, 11) is 1.66. The lowest BCUT2D eigenvalue weighted by molar-refractivity contribution is 0.412. The van der Waals surface area contributed by atoms with Crippen LogP contribution in [0.5, 0.6) is 5.75 Å². The summed E-state index contributed by atoms with van der Waals surface area (Å²) in [6.07, 6.45) is 1.61. The summed E-state index contributed by atoms with van der Waals surface area (Å²) in [5.74, 6) is 1.64. The monoisotopic (exact) mass is 248 g/mol. The number of anilines is 2. The van der Waals surface area contributed by atoms with Crippen molar-refractivity contribution in [3.63, 3.8) is 0 Å². The summed E-state index contributed by atoms with van der Waals surface area (Å²) in [4.78, 5) is 4.17. The first-order chi connectivity index (χ1) is 8.19. The topological polar surface area (TPSA) is 34.1 Å². The highest BCUT2D eigenvalue weighted by Crippen LogP contribution is 2.23. The Morgan fingerprint density at radius 2 is 2.06 bits per heavy atom. The van der Waals surface area contributed by atoms with Crippen LogP contribution in [-0.2, 0) is 0 Å². The minimum Gasteiger partial charge on any atom is -0.496 e. The van der Waals surface area contributed by atoms with Crippen LogP contribution >= 0.6 is 11.6 Å². The van der Waals surface area contributed by atoms with Gasteiger partial charge in [-0.25, -0.2) is 4.98 Å². The van der Waals surface area contributed by atoms with Gasteiger partial charge in [-0.2, -0.15) is 0 Å². The molecule has 17 heavy (non-hydrogen) atoms. The second-order valence-electron chi connectivity index (χ2n) is 3.67. The Balaban J connectivity index is 2.19. The van der Waals surface area contributed by atoms with Crippen LogP contribution in [0.25, 0.3) is 0 Å². The summed E-state index contributed by atoms with van der Waals surface area (Å²) < 4.78 is 5.21. The van der Waals surface area contributed by atoms with E-state index in [1.807, 2.05) is 31.2 Å². The van der Waals surface area contributed by atoms with Gasteiger partial charge in [0.05, 0.1) is 12.1 Å². The molecule has 0 fully saturated rings. The highest BCUT2D eigenvalue weighted by molar-refractivity contribution is 6.30. The number of hydrogen-bond acceptors (Lipinski definition) is 3. The summed E-state index contributed by atoms with van der Waals surface area (Å²) in [5.41, 5.74) is 2.05. The second kappa shape index (κ2) is 5.06. The quantitative estimate of drug-likeness (QED) is 0.897. The first-order valence-corrected chi connectivity index (χ1v) is 5.60. The third-order valence-electron chi connectivity index (χ3n) is 2.39. The molecule has 3 nitrogen and oxygen atoms in total. The number of ether oxygens (including phenoxy) is 1. The normalized spacial score (nSPS) is 10.1. The Morgan fingerprint density at radius 3 is 2.65 bits per heavy atom. The number of aromatic nitrogens is 1. The molecule has 1 aromatic carbocycles. The van der Waals surface area contributed by atoms with Gasteiger partial charge in [-0.05, 0) is 42.8 Å². The van der Waals surface area contributed by atoms with Crippen molar-refractivity contribution >= 4 is 23.1 Å². The molecular weight excluding hydrogens is 236 g/mol. The summed E-state index contributed by atoms with van der Waals surface area (Å²) >= 11 is 5.77. The molecule has 0 bridgehead atoms. The lowest BCUT2D eigenvalue weighted by Crippen LogP contribution is -1.94.